The molecule has 7 heteroatoms. The van der Waals surface area contributed by atoms with E-state index in [0.29, 0.717) is 22.9 Å². The predicted molar refractivity (Wildman–Crippen MR) is 111 cm³/mol. The average molecular weight is 403 g/mol. The maximum Gasteiger partial charge on any atom is 0.263 e. The summed E-state index contributed by atoms with van der Waals surface area (Å²) in [5.74, 6) is -0.235. The maximum absolute atomic E-state index is 14.3. The third kappa shape index (κ3) is 4.15. The molecule has 0 aliphatic rings. The SMILES string of the molecule is CC[NH+](CC)CCN(C(=O)c1ccccc1F)c1nc2c(OC)cccc2s1. The van der Waals surface area contributed by atoms with E-state index >= 15 is 0 Å². The van der Waals surface area contributed by atoms with Crippen LogP contribution in [0, 0.1) is 5.82 Å². The molecule has 3 aromatic rings. The minimum absolute atomic E-state index is 0.0586. The lowest BCUT2D eigenvalue weighted by Gasteiger charge is -2.23. The molecule has 1 N–H and O–H groups in total. The molecule has 1 amide bonds. The number of nitrogens with one attached hydrogen (secondary N) is 1. The van der Waals surface area contributed by atoms with E-state index in [1.165, 1.54) is 28.4 Å². The third-order valence-corrected chi connectivity index (χ3v) is 5.90. The van der Waals surface area contributed by atoms with Crippen LogP contribution in [-0.2, 0) is 0 Å². The van der Waals surface area contributed by atoms with Gasteiger partial charge in [0.05, 0.1) is 43.6 Å². The van der Waals surface area contributed by atoms with Crippen LogP contribution in [-0.4, -0.2) is 44.2 Å². The fourth-order valence-electron chi connectivity index (χ4n) is 3.13. The van der Waals surface area contributed by atoms with E-state index in [-0.39, 0.29) is 11.5 Å². The number of anilines is 1. The highest BCUT2D eigenvalue weighted by molar-refractivity contribution is 7.22. The first-order chi connectivity index (χ1) is 13.6. The van der Waals surface area contributed by atoms with Gasteiger partial charge in [-0.25, -0.2) is 9.37 Å². The molecule has 2 aromatic carbocycles. The van der Waals surface area contributed by atoms with Crippen LogP contribution in [0.3, 0.4) is 0 Å². The lowest BCUT2D eigenvalue weighted by molar-refractivity contribution is -0.894. The molecule has 0 spiro atoms. The van der Waals surface area contributed by atoms with Crippen molar-refractivity contribution in [1.82, 2.24) is 4.98 Å². The summed E-state index contributed by atoms with van der Waals surface area (Å²) < 4.78 is 20.6. The van der Waals surface area contributed by atoms with Gasteiger partial charge in [-0.2, -0.15) is 0 Å². The van der Waals surface area contributed by atoms with Gasteiger partial charge in [-0.15, -0.1) is 0 Å². The van der Waals surface area contributed by atoms with Gasteiger partial charge in [0.15, 0.2) is 5.13 Å². The summed E-state index contributed by atoms with van der Waals surface area (Å²) in [6.07, 6.45) is 0. The third-order valence-electron chi connectivity index (χ3n) is 4.86. The Bertz CT molecular complexity index is 956. The smallest absolute Gasteiger partial charge is 0.263 e. The standard InChI is InChI=1S/C21H24FN3O2S/c1-4-24(5-2)13-14-25(20(26)15-9-6-7-10-16(15)22)21-23-19-17(27-3)11-8-12-18(19)28-21/h6-12H,4-5,13-14H2,1-3H3/p+1. The molecule has 0 unspecified atom stereocenters. The average Bonchev–Trinajstić information content (AvgIpc) is 3.15. The Labute approximate surface area is 168 Å². The molecule has 0 aliphatic heterocycles. The van der Waals surface area contributed by atoms with Gasteiger partial charge in [0.2, 0.25) is 0 Å². The number of fused-ring (bicyclic) bond motifs is 1. The number of likely N-dealkylation sites (N-methyl/N-ethyl adjacent to an activating group) is 1. The van der Waals surface area contributed by atoms with Crippen molar-refractivity contribution >= 4 is 32.6 Å². The zero-order chi connectivity index (χ0) is 20.1. The Morgan fingerprint density at radius 3 is 2.61 bits per heavy atom. The van der Waals surface area contributed by atoms with Gasteiger partial charge >= 0.3 is 0 Å². The number of halogens is 1. The first-order valence-corrected chi connectivity index (χ1v) is 10.2. The molecule has 28 heavy (non-hydrogen) atoms. The number of carbonyl (C=O) groups is 1. The molecule has 0 saturated carbocycles. The summed E-state index contributed by atoms with van der Waals surface area (Å²) in [5.41, 5.74) is 0.773. The number of quaternary nitrogens is 1. The number of ether oxygens (including phenoxy) is 1. The molecule has 0 atom stereocenters. The normalized spacial score (nSPS) is 11.2. The molecule has 0 saturated heterocycles. The largest absolute Gasteiger partial charge is 0.494 e. The van der Waals surface area contributed by atoms with Crippen molar-refractivity contribution in [3.8, 4) is 5.75 Å². The van der Waals surface area contributed by atoms with E-state index < -0.39 is 5.82 Å². The molecule has 5 nitrogen and oxygen atoms in total. The number of amides is 1. The van der Waals surface area contributed by atoms with Crippen LogP contribution in [0.1, 0.15) is 24.2 Å². The highest BCUT2D eigenvalue weighted by atomic mass is 32.1. The van der Waals surface area contributed by atoms with Crippen LogP contribution >= 0.6 is 11.3 Å². The van der Waals surface area contributed by atoms with Crippen LogP contribution in [0.15, 0.2) is 42.5 Å². The number of thiazole rings is 1. The van der Waals surface area contributed by atoms with E-state index in [9.17, 15) is 9.18 Å². The topological polar surface area (TPSA) is 46.9 Å². The van der Waals surface area contributed by atoms with Gasteiger partial charge in [0.25, 0.3) is 5.91 Å². The molecular weight excluding hydrogens is 377 g/mol. The minimum atomic E-state index is -0.522. The zero-order valence-corrected chi connectivity index (χ0v) is 17.2. The van der Waals surface area contributed by atoms with Crippen LogP contribution in [0.4, 0.5) is 9.52 Å². The number of hydrogen-bond donors (Lipinski definition) is 1. The van der Waals surface area contributed by atoms with E-state index in [2.05, 4.69) is 18.8 Å². The molecule has 0 bridgehead atoms. The Kier molecular flexibility index (Phi) is 6.59. The molecule has 148 valence electrons. The Balaban J connectivity index is 2.00. The number of carbonyl (C=O) groups excluding carboxylic acids is 1. The second kappa shape index (κ2) is 9.12. The Morgan fingerprint density at radius 1 is 1.18 bits per heavy atom. The Hall–Kier alpha value is -2.51. The van der Waals surface area contributed by atoms with Gasteiger partial charge in [-0.1, -0.05) is 29.5 Å². The number of methoxy groups -OCH3 is 1. The quantitative estimate of drug-likeness (QED) is 0.630. The van der Waals surface area contributed by atoms with E-state index in [1.54, 1.807) is 24.1 Å². The number of hydrogen-bond acceptors (Lipinski definition) is 4. The van der Waals surface area contributed by atoms with Crippen molar-refractivity contribution in [3.63, 3.8) is 0 Å². The fraction of sp³-hybridized carbons (Fsp3) is 0.333. The molecule has 1 heterocycles. The van der Waals surface area contributed by atoms with Crippen molar-refractivity contribution in [3.05, 3.63) is 53.8 Å². The predicted octanol–water partition coefficient (Wildman–Crippen LogP) is 3.02. The van der Waals surface area contributed by atoms with Crippen LogP contribution < -0.4 is 14.5 Å². The summed E-state index contributed by atoms with van der Waals surface area (Å²) in [6, 6.07) is 11.8. The minimum Gasteiger partial charge on any atom is -0.494 e. The first kappa shape index (κ1) is 20.2. The van der Waals surface area contributed by atoms with Gasteiger partial charge in [-0.3, -0.25) is 9.69 Å². The van der Waals surface area contributed by atoms with Crippen LogP contribution in [0.5, 0.6) is 5.75 Å². The van der Waals surface area contributed by atoms with Crippen molar-refractivity contribution in [2.45, 2.75) is 13.8 Å². The van der Waals surface area contributed by atoms with Crippen LogP contribution in [0.2, 0.25) is 0 Å². The zero-order valence-electron chi connectivity index (χ0n) is 16.4. The molecular formula is C21H25FN3O2S+. The van der Waals surface area contributed by atoms with Crippen molar-refractivity contribution in [2.24, 2.45) is 0 Å². The van der Waals surface area contributed by atoms with E-state index in [1.807, 2.05) is 18.2 Å². The van der Waals surface area contributed by atoms with Crippen LogP contribution in [0.25, 0.3) is 10.2 Å². The summed E-state index contributed by atoms with van der Waals surface area (Å²) in [4.78, 5) is 20.8. The first-order valence-electron chi connectivity index (χ1n) is 9.42. The molecule has 0 aliphatic carbocycles. The van der Waals surface area contributed by atoms with Gasteiger partial charge < -0.3 is 9.64 Å². The van der Waals surface area contributed by atoms with E-state index in [0.717, 1.165) is 24.3 Å². The highest BCUT2D eigenvalue weighted by Crippen LogP contribution is 2.34. The highest BCUT2D eigenvalue weighted by Gasteiger charge is 2.25. The number of rotatable bonds is 8. The molecule has 3 rings (SSSR count). The van der Waals surface area contributed by atoms with E-state index in [4.69, 9.17) is 4.74 Å². The maximum atomic E-state index is 14.3. The lowest BCUT2D eigenvalue weighted by atomic mass is 10.2. The monoisotopic (exact) mass is 402 g/mol. The number of nitrogens with zero attached hydrogens (tertiary/aromatic N) is 2. The van der Waals surface area contributed by atoms with Gasteiger partial charge in [0.1, 0.15) is 17.1 Å². The Morgan fingerprint density at radius 2 is 1.93 bits per heavy atom. The summed E-state index contributed by atoms with van der Waals surface area (Å²) in [5, 5.41) is 0.555. The van der Waals surface area contributed by atoms with Crippen molar-refractivity contribution < 1.29 is 18.8 Å². The lowest BCUT2D eigenvalue weighted by Crippen LogP contribution is -3.12. The summed E-state index contributed by atoms with van der Waals surface area (Å²) in [6.45, 7) is 7.39. The fourth-order valence-corrected chi connectivity index (χ4v) is 4.14. The number of benzene rings is 2. The summed E-state index contributed by atoms with van der Waals surface area (Å²) >= 11 is 1.41. The number of para-hydroxylation sites is 1. The van der Waals surface area contributed by atoms with Crippen molar-refractivity contribution in [2.75, 3.05) is 38.2 Å². The van der Waals surface area contributed by atoms with Gasteiger partial charge in [-0.05, 0) is 38.1 Å². The van der Waals surface area contributed by atoms with Crippen molar-refractivity contribution in [1.29, 1.82) is 0 Å². The van der Waals surface area contributed by atoms with Gasteiger partial charge in [0, 0.05) is 0 Å². The number of aromatic nitrogens is 1. The molecule has 0 radical (unpaired) electrons. The second-order valence-corrected chi connectivity index (χ2v) is 7.46. The molecule has 1 aromatic heterocycles. The molecule has 0 fully saturated rings. The second-order valence-electron chi connectivity index (χ2n) is 6.45. The summed E-state index contributed by atoms with van der Waals surface area (Å²) in [7, 11) is 1.60.